The Bertz CT molecular complexity index is 650. The molecular formula is C23H36N2O. The number of benzene rings is 1. The third-order valence-corrected chi connectivity index (χ3v) is 5.52. The summed E-state index contributed by atoms with van der Waals surface area (Å²) in [6.07, 6.45) is 5.47. The monoisotopic (exact) mass is 356 g/mol. The largest absolute Gasteiger partial charge is 0.375 e. The molecule has 0 unspecified atom stereocenters. The first kappa shape index (κ1) is 20.5. The summed E-state index contributed by atoms with van der Waals surface area (Å²) in [5, 5.41) is 0. The van der Waals surface area contributed by atoms with E-state index in [2.05, 4.69) is 76.7 Å². The van der Waals surface area contributed by atoms with E-state index in [9.17, 15) is 4.79 Å². The van der Waals surface area contributed by atoms with Crippen molar-refractivity contribution >= 4 is 11.5 Å². The number of Topliss-reactive ketones (excluding diaryl/α,β-unsaturated/α-hetero) is 1. The lowest BCUT2D eigenvalue weighted by Gasteiger charge is -2.43. The zero-order valence-corrected chi connectivity index (χ0v) is 17.7. The van der Waals surface area contributed by atoms with Crippen molar-refractivity contribution in [3.05, 3.63) is 41.6 Å². The smallest absolute Gasteiger partial charge is 0.191 e. The molecule has 3 heteroatoms. The van der Waals surface area contributed by atoms with E-state index in [0.717, 1.165) is 30.6 Å². The minimum absolute atomic E-state index is 0.0356. The first-order valence-corrected chi connectivity index (χ1v) is 9.91. The zero-order chi connectivity index (χ0) is 19.5. The summed E-state index contributed by atoms with van der Waals surface area (Å²) in [6.45, 7) is 15.2. The molecule has 1 aliphatic heterocycles. The zero-order valence-electron chi connectivity index (χ0n) is 17.7. The van der Waals surface area contributed by atoms with Crippen LogP contribution in [0.2, 0.25) is 0 Å². The molecule has 0 spiro atoms. The molecule has 26 heavy (non-hydrogen) atoms. The van der Waals surface area contributed by atoms with Gasteiger partial charge in [0.15, 0.2) is 5.78 Å². The second kappa shape index (κ2) is 7.85. The van der Waals surface area contributed by atoms with Gasteiger partial charge in [-0.05, 0) is 63.3 Å². The van der Waals surface area contributed by atoms with E-state index in [1.54, 1.807) is 0 Å². The number of hydrogen-bond acceptors (Lipinski definition) is 3. The van der Waals surface area contributed by atoms with Crippen LogP contribution in [0.1, 0.15) is 71.2 Å². The molecule has 1 aromatic carbocycles. The first-order chi connectivity index (χ1) is 12.1. The number of ketones is 1. The Hall–Kier alpha value is -1.77. The van der Waals surface area contributed by atoms with Gasteiger partial charge in [0.05, 0.1) is 0 Å². The quantitative estimate of drug-likeness (QED) is 0.627. The molecule has 3 nitrogen and oxygen atoms in total. The summed E-state index contributed by atoms with van der Waals surface area (Å²) in [5.74, 6) is 0.159. The molecule has 0 saturated carbocycles. The van der Waals surface area contributed by atoms with Crippen LogP contribution in [0.3, 0.4) is 0 Å². The van der Waals surface area contributed by atoms with Crippen molar-refractivity contribution in [1.29, 1.82) is 0 Å². The van der Waals surface area contributed by atoms with Gasteiger partial charge < -0.3 is 9.80 Å². The predicted octanol–water partition coefficient (Wildman–Crippen LogP) is 5.52. The minimum Gasteiger partial charge on any atom is -0.375 e. The van der Waals surface area contributed by atoms with Gasteiger partial charge in [-0.25, -0.2) is 0 Å². The normalized spacial score (nSPS) is 17.0. The van der Waals surface area contributed by atoms with Crippen LogP contribution in [0.5, 0.6) is 0 Å². The SMILES string of the molecule is CCCCN(C)c1ccc(C(=O)C2=CN(C(C)(C)C)CCC2(C)C)cc1. The second-order valence-corrected chi connectivity index (χ2v) is 9.19. The van der Waals surface area contributed by atoms with Crippen molar-refractivity contribution in [1.82, 2.24) is 4.90 Å². The Balaban J connectivity index is 2.24. The standard InChI is InChI=1S/C23H36N2O/c1-8-9-15-24(7)19-12-10-18(11-13-19)21(26)20-17-25(22(2,3)4)16-14-23(20,5)6/h10-13,17H,8-9,14-16H2,1-7H3. The van der Waals surface area contributed by atoms with Crippen molar-refractivity contribution in [2.45, 2.75) is 66.3 Å². The molecule has 0 fully saturated rings. The van der Waals surface area contributed by atoms with Crippen LogP contribution in [0.25, 0.3) is 0 Å². The molecule has 0 aromatic heterocycles. The summed E-state index contributed by atoms with van der Waals surface area (Å²) in [6, 6.07) is 8.10. The Morgan fingerprint density at radius 3 is 2.35 bits per heavy atom. The molecule has 0 saturated heterocycles. The molecule has 1 heterocycles. The van der Waals surface area contributed by atoms with Gasteiger partial charge in [-0.1, -0.05) is 27.2 Å². The van der Waals surface area contributed by atoms with E-state index in [4.69, 9.17) is 0 Å². The highest BCUT2D eigenvalue weighted by Gasteiger charge is 2.35. The van der Waals surface area contributed by atoms with Gasteiger partial charge in [0, 0.05) is 48.7 Å². The maximum absolute atomic E-state index is 13.2. The van der Waals surface area contributed by atoms with Crippen LogP contribution in [-0.4, -0.2) is 36.4 Å². The number of anilines is 1. The fourth-order valence-electron chi connectivity index (χ4n) is 3.37. The number of nitrogens with zero attached hydrogens (tertiary/aromatic N) is 2. The highest BCUT2D eigenvalue weighted by molar-refractivity contribution is 6.09. The molecule has 0 radical (unpaired) electrons. The summed E-state index contributed by atoms with van der Waals surface area (Å²) in [5.41, 5.74) is 2.82. The number of carbonyl (C=O) groups is 1. The van der Waals surface area contributed by atoms with Crippen LogP contribution in [0, 0.1) is 5.41 Å². The van der Waals surface area contributed by atoms with Gasteiger partial charge in [0.25, 0.3) is 0 Å². The van der Waals surface area contributed by atoms with Crippen LogP contribution in [-0.2, 0) is 0 Å². The lowest BCUT2D eigenvalue weighted by Crippen LogP contribution is -2.44. The van der Waals surface area contributed by atoms with Crippen LogP contribution >= 0.6 is 0 Å². The van der Waals surface area contributed by atoms with E-state index in [0.29, 0.717) is 0 Å². The number of hydrogen-bond donors (Lipinski definition) is 0. The van der Waals surface area contributed by atoms with Crippen LogP contribution in [0.15, 0.2) is 36.0 Å². The highest BCUT2D eigenvalue weighted by Crippen LogP contribution is 2.38. The van der Waals surface area contributed by atoms with Crippen molar-refractivity contribution in [3.63, 3.8) is 0 Å². The Morgan fingerprint density at radius 2 is 1.81 bits per heavy atom. The van der Waals surface area contributed by atoms with Crippen LogP contribution < -0.4 is 4.90 Å². The third-order valence-electron chi connectivity index (χ3n) is 5.52. The summed E-state index contributed by atoms with van der Waals surface area (Å²) in [7, 11) is 2.11. The molecular weight excluding hydrogens is 320 g/mol. The van der Waals surface area contributed by atoms with Crippen molar-refractivity contribution in [2.75, 3.05) is 25.0 Å². The Labute approximate surface area is 160 Å². The maximum Gasteiger partial charge on any atom is 0.191 e. The lowest BCUT2D eigenvalue weighted by molar-refractivity contribution is 0.0964. The topological polar surface area (TPSA) is 23.6 Å². The number of carbonyl (C=O) groups excluding carboxylic acids is 1. The molecule has 1 aromatic rings. The van der Waals surface area contributed by atoms with E-state index < -0.39 is 0 Å². The molecule has 0 aliphatic carbocycles. The third kappa shape index (κ3) is 4.69. The van der Waals surface area contributed by atoms with Gasteiger partial charge in [-0.15, -0.1) is 0 Å². The van der Waals surface area contributed by atoms with Crippen molar-refractivity contribution < 1.29 is 4.79 Å². The van der Waals surface area contributed by atoms with Gasteiger partial charge in [-0.3, -0.25) is 4.79 Å². The summed E-state index contributed by atoms with van der Waals surface area (Å²) >= 11 is 0. The average molecular weight is 357 g/mol. The molecule has 0 N–H and O–H groups in total. The fraction of sp³-hybridized carbons (Fsp3) is 0.609. The molecule has 144 valence electrons. The summed E-state index contributed by atoms with van der Waals surface area (Å²) in [4.78, 5) is 17.8. The molecule has 0 bridgehead atoms. The molecule has 1 aliphatic rings. The second-order valence-electron chi connectivity index (χ2n) is 9.19. The van der Waals surface area contributed by atoms with Gasteiger partial charge in [-0.2, -0.15) is 0 Å². The summed E-state index contributed by atoms with van der Waals surface area (Å²) < 4.78 is 0. The average Bonchev–Trinajstić information content (AvgIpc) is 2.58. The van der Waals surface area contributed by atoms with E-state index in [-0.39, 0.29) is 16.7 Å². The molecule has 2 rings (SSSR count). The fourth-order valence-corrected chi connectivity index (χ4v) is 3.37. The number of rotatable bonds is 6. The number of unbranched alkanes of at least 4 members (excludes halogenated alkanes) is 1. The molecule has 0 amide bonds. The maximum atomic E-state index is 13.2. The van der Waals surface area contributed by atoms with Gasteiger partial charge in [0.2, 0.25) is 0 Å². The molecule has 0 atom stereocenters. The van der Waals surface area contributed by atoms with Crippen molar-refractivity contribution in [3.8, 4) is 0 Å². The highest BCUT2D eigenvalue weighted by atomic mass is 16.1. The van der Waals surface area contributed by atoms with Crippen molar-refractivity contribution in [2.24, 2.45) is 5.41 Å². The first-order valence-electron chi connectivity index (χ1n) is 9.91. The van der Waals surface area contributed by atoms with Gasteiger partial charge in [0.1, 0.15) is 0 Å². The number of allylic oxidation sites excluding steroid dienone is 1. The van der Waals surface area contributed by atoms with E-state index in [1.165, 1.54) is 18.5 Å². The Kier molecular flexibility index (Phi) is 6.21. The van der Waals surface area contributed by atoms with E-state index in [1.807, 2.05) is 12.1 Å². The lowest BCUT2D eigenvalue weighted by atomic mass is 9.75. The Morgan fingerprint density at radius 1 is 1.19 bits per heavy atom. The van der Waals surface area contributed by atoms with E-state index >= 15 is 0 Å². The van der Waals surface area contributed by atoms with Crippen LogP contribution in [0.4, 0.5) is 5.69 Å². The predicted molar refractivity (Wildman–Crippen MR) is 112 cm³/mol. The minimum atomic E-state index is -0.0879. The van der Waals surface area contributed by atoms with Gasteiger partial charge >= 0.3 is 0 Å².